The Kier molecular flexibility index (Phi) is 4.04. The third-order valence-corrected chi connectivity index (χ3v) is 7.23. The monoisotopic (exact) mass is 449 g/mol. The van der Waals surface area contributed by atoms with Gasteiger partial charge in [0.25, 0.3) is 0 Å². The molecule has 2 aromatic heterocycles. The summed E-state index contributed by atoms with van der Waals surface area (Å²) in [4.78, 5) is 0. The Labute approximate surface area is 202 Å². The van der Waals surface area contributed by atoms with Crippen LogP contribution in [0.15, 0.2) is 95.5 Å². The lowest BCUT2D eigenvalue weighted by molar-refractivity contribution is -0.644. The van der Waals surface area contributed by atoms with Gasteiger partial charge in [-0.1, -0.05) is 54.6 Å². The van der Waals surface area contributed by atoms with Gasteiger partial charge < -0.3 is 4.42 Å². The van der Waals surface area contributed by atoms with Crippen molar-refractivity contribution in [3.05, 3.63) is 102 Å². The van der Waals surface area contributed by atoms with Crippen molar-refractivity contribution in [2.75, 3.05) is 0 Å². The number of nitrogens with zero attached hydrogens (tertiary/aromatic N) is 2. The number of rotatable bonds is 1. The minimum atomic E-state index is 0.615. The van der Waals surface area contributed by atoms with Crippen LogP contribution in [0.1, 0.15) is 11.1 Å². The molecule has 0 saturated heterocycles. The normalized spacial score (nSPS) is 11.7. The summed E-state index contributed by atoms with van der Waals surface area (Å²) < 4.78 is 8.77. The first-order chi connectivity index (χ1) is 17.2. The molecule has 0 amide bonds. The van der Waals surface area contributed by atoms with Crippen LogP contribution in [0, 0.1) is 18.3 Å². The van der Waals surface area contributed by atoms with Crippen molar-refractivity contribution in [2.24, 2.45) is 7.05 Å². The van der Waals surface area contributed by atoms with Crippen LogP contribution in [0.25, 0.3) is 65.5 Å². The molecule has 0 N–H and O–H groups in total. The standard InChI is InChI=1S/C32H21N2O/c1-19-8-6-11-22-23-13-14-24-27-17-26(20-9-4-3-5-10-20)21(18-33)16-28(27)35-32(24)30(23)25-12-7-15-34(2)31(25)29(19)22/h3-17H,1-2H3/q+1. The number of benzene rings is 5. The summed E-state index contributed by atoms with van der Waals surface area (Å²) in [6.07, 6.45) is 2.10. The third-order valence-electron chi connectivity index (χ3n) is 7.23. The van der Waals surface area contributed by atoms with Crippen molar-refractivity contribution in [3.8, 4) is 17.2 Å². The summed E-state index contributed by atoms with van der Waals surface area (Å²) in [6, 6.07) is 31.6. The smallest absolute Gasteiger partial charge is 0.221 e. The van der Waals surface area contributed by atoms with Gasteiger partial charge in [0.2, 0.25) is 5.52 Å². The van der Waals surface area contributed by atoms with E-state index < -0.39 is 0 Å². The predicted molar refractivity (Wildman–Crippen MR) is 142 cm³/mol. The van der Waals surface area contributed by atoms with E-state index in [0.29, 0.717) is 5.56 Å². The minimum absolute atomic E-state index is 0.615. The van der Waals surface area contributed by atoms with Crippen molar-refractivity contribution in [2.45, 2.75) is 6.92 Å². The molecule has 3 nitrogen and oxygen atoms in total. The molecule has 35 heavy (non-hydrogen) atoms. The molecule has 0 saturated carbocycles. The molecule has 0 fully saturated rings. The number of furan rings is 1. The molecule has 0 atom stereocenters. The van der Waals surface area contributed by atoms with E-state index >= 15 is 0 Å². The first kappa shape index (κ1) is 19.8. The van der Waals surface area contributed by atoms with E-state index in [-0.39, 0.29) is 0 Å². The fourth-order valence-corrected chi connectivity index (χ4v) is 5.66. The molecule has 0 radical (unpaired) electrons. The van der Waals surface area contributed by atoms with Gasteiger partial charge in [0.1, 0.15) is 18.2 Å². The highest BCUT2D eigenvalue weighted by Crippen LogP contribution is 2.42. The third kappa shape index (κ3) is 2.68. The second kappa shape index (κ2) is 7.16. The number of nitriles is 1. The number of aryl methyl sites for hydroxylation is 2. The van der Waals surface area contributed by atoms with Crippen LogP contribution in [-0.4, -0.2) is 0 Å². The van der Waals surface area contributed by atoms with Crippen molar-refractivity contribution in [1.29, 1.82) is 5.26 Å². The highest BCUT2D eigenvalue weighted by Gasteiger charge is 2.21. The topological polar surface area (TPSA) is 40.8 Å². The fourth-order valence-electron chi connectivity index (χ4n) is 5.66. The van der Waals surface area contributed by atoms with Crippen LogP contribution < -0.4 is 4.57 Å². The molecule has 0 unspecified atom stereocenters. The Balaban J connectivity index is 1.70. The maximum atomic E-state index is 9.91. The van der Waals surface area contributed by atoms with Gasteiger partial charge in [-0.2, -0.15) is 5.26 Å². The van der Waals surface area contributed by atoms with Gasteiger partial charge >= 0.3 is 0 Å². The zero-order valence-corrected chi connectivity index (χ0v) is 19.5. The van der Waals surface area contributed by atoms with E-state index in [2.05, 4.69) is 79.3 Å². The Morgan fingerprint density at radius 1 is 0.743 bits per heavy atom. The number of pyridine rings is 1. The van der Waals surface area contributed by atoms with Crippen molar-refractivity contribution < 1.29 is 8.98 Å². The van der Waals surface area contributed by atoms with Crippen LogP contribution in [0.3, 0.4) is 0 Å². The molecule has 5 aromatic carbocycles. The van der Waals surface area contributed by atoms with Crippen LogP contribution in [0.2, 0.25) is 0 Å². The maximum absolute atomic E-state index is 9.91. The quantitative estimate of drug-likeness (QED) is 0.190. The summed E-state index contributed by atoms with van der Waals surface area (Å²) in [5.74, 6) is 0. The summed E-state index contributed by atoms with van der Waals surface area (Å²) in [5.41, 5.74) is 6.63. The lowest BCUT2D eigenvalue weighted by Gasteiger charge is -2.10. The summed E-state index contributed by atoms with van der Waals surface area (Å²) >= 11 is 0. The molecule has 0 aliphatic rings. The Bertz CT molecular complexity index is 2030. The summed E-state index contributed by atoms with van der Waals surface area (Å²) in [5, 5.41) is 17.9. The zero-order chi connectivity index (χ0) is 23.7. The van der Waals surface area contributed by atoms with Crippen molar-refractivity contribution in [3.63, 3.8) is 0 Å². The number of hydrogen-bond acceptors (Lipinski definition) is 2. The summed E-state index contributed by atoms with van der Waals surface area (Å²) in [6.45, 7) is 2.18. The molecule has 3 heteroatoms. The predicted octanol–water partition coefficient (Wildman–Crippen LogP) is 7.72. The van der Waals surface area contributed by atoms with Crippen LogP contribution >= 0.6 is 0 Å². The largest absolute Gasteiger partial charge is 0.455 e. The van der Waals surface area contributed by atoms with Crippen LogP contribution in [0.5, 0.6) is 0 Å². The summed E-state index contributed by atoms with van der Waals surface area (Å²) in [7, 11) is 2.10. The van der Waals surface area contributed by atoms with Gasteiger partial charge in [0.15, 0.2) is 6.20 Å². The van der Waals surface area contributed by atoms with Gasteiger partial charge in [-0.3, -0.25) is 0 Å². The lowest BCUT2D eigenvalue weighted by Crippen LogP contribution is -2.28. The Hall–Kier alpha value is -4.68. The molecular formula is C32H21N2O+. The molecule has 0 aliphatic heterocycles. The highest BCUT2D eigenvalue weighted by molar-refractivity contribution is 6.31. The molecule has 0 spiro atoms. The molecule has 164 valence electrons. The molecule has 7 aromatic rings. The molecule has 0 aliphatic carbocycles. The van der Waals surface area contributed by atoms with Gasteiger partial charge in [-0.25, -0.2) is 4.57 Å². The molecule has 7 rings (SSSR count). The van der Waals surface area contributed by atoms with Crippen molar-refractivity contribution in [1.82, 2.24) is 0 Å². The van der Waals surface area contributed by atoms with E-state index in [9.17, 15) is 5.26 Å². The number of hydrogen-bond donors (Lipinski definition) is 0. The molecule has 0 bridgehead atoms. The maximum Gasteiger partial charge on any atom is 0.221 e. The second-order valence-corrected chi connectivity index (χ2v) is 9.22. The van der Waals surface area contributed by atoms with E-state index in [1.54, 1.807) is 0 Å². The Morgan fingerprint density at radius 2 is 1.51 bits per heavy atom. The Morgan fingerprint density at radius 3 is 2.34 bits per heavy atom. The van der Waals surface area contributed by atoms with Gasteiger partial charge in [0, 0.05) is 27.8 Å². The van der Waals surface area contributed by atoms with Crippen LogP contribution in [-0.2, 0) is 7.05 Å². The van der Waals surface area contributed by atoms with E-state index in [1.807, 2.05) is 36.4 Å². The molecular weight excluding hydrogens is 428 g/mol. The lowest BCUT2D eigenvalue weighted by atomic mass is 9.92. The van der Waals surface area contributed by atoms with Crippen molar-refractivity contribution >= 4 is 54.4 Å². The number of fused-ring (bicyclic) bond motifs is 10. The highest BCUT2D eigenvalue weighted by atomic mass is 16.3. The van der Waals surface area contributed by atoms with Crippen LogP contribution in [0.4, 0.5) is 0 Å². The first-order valence-corrected chi connectivity index (χ1v) is 11.7. The average Bonchev–Trinajstić information content (AvgIpc) is 3.26. The van der Waals surface area contributed by atoms with E-state index in [1.165, 1.54) is 32.6 Å². The zero-order valence-electron chi connectivity index (χ0n) is 19.5. The first-order valence-electron chi connectivity index (χ1n) is 11.7. The SMILES string of the molecule is Cc1cccc2c3ccc4c5cc(-c6ccccc6)c(C#N)cc5oc4c3c3ccc[n+](C)c3c12. The van der Waals surface area contributed by atoms with E-state index in [4.69, 9.17) is 4.42 Å². The van der Waals surface area contributed by atoms with Gasteiger partial charge in [-0.15, -0.1) is 0 Å². The number of aromatic nitrogens is 1. The minimum Gasteiger partial charge on any atom is -0.455 e. The second-order valence-electron chi connectivity index (χ2n) is 9.22. The van der Waals surface area contributed by atoms with Gasteiger partial charge in [-0.05, 0) is 53.1 Å². The van der Waals surface area contributed by atoms with Gasteiger partial charge in [0.05, 0.1) is 22.4 Å². The van der Waals surface area contributed by atoms with E-state index in [0.717, 1.165) is 38.5 Å². The molecule has 2 heterocycles. The average molecular weight is 450 g/mol. The fraction of sp³-hybridized carbons (Fsp3) is 0.0625.